The lowest BCUT2D eigenvalue weighted by atomic mass is 10.0. The first-order chi connectivity index (χ1) is 11.0. The Balaban J connectivity index is 2.26. The van der Waals surface area contributed by atoms with Crippen LogP contribution in [0.1, 0.15) is 28.5 Å². The maximum atomic E-state index is 13.1. The van der Waals surface area contributed by atoms with E-state index < -0.39 is 0 Å². The minimum Gasteiger partial charge on any atom is -0.506 e. The van der Waals surface area contributed by atoms with Gasteiger partial charge in [0.25, 0.3) is 0 Å². The zero-order valence-electron chi connectivity index (χ0n) is 12.5. The lowest BCUT2D eigenvalue weighted by molar-refractivity contribution is 0.103. The largest absolute Gasteiger partial charge is 0.506 e. The van der Waals surface area contributed by atoms with Crippen LogP contribution in [0.3, 0.4) is 0 Å². The number of phenolic OH excluding ortho intramolecular Hbond substituents is 1. The summed E-state index contributed by atoms with van der Waals surface area (Å²) in [7, 11) is 1.88. The number of ketones is 1. The van der Waals surface area contributed by atoms with E-state index in [-0.39, 0.29) is 11.5 Å². The van der Waals surface area contributed by atoms with Crippen LogP contribution in [0.15, 0.2) is 33.5 Å². The molecule has 1 N–H and O–H groups in total. The van der Waals surface area contributed by atoms with Crippen molar-refractivity contribution < 1.29 is 9.90 Å². The van der Waals surface area contributed by atoms with Gasteiger partial charge in [0.1, 0.15) is 11.3 Å². The van der Waals surface area contributed by atoms with Crippen LogP contribution in [-0.4, -0.2) is 25.4 Å². The van der Waals surface area contributed by atoms with Crippen LogP contribution in [0.25, 0.3) is 11.2 Å². The standard InChI is InChI=1S/C16H13Br2N3O2/c1-3-11-12(13-16(21(11)2)20-5-4-19-13)14(22)8-6-9(17)15(23)10(18)7-8/h4-7,23H,3H2,1-2H3. The molecule has 2 heterocycles. The van der Waals surface area contributed by atoms with E-state index in [1.54, 1.807) is 24.5 Å². The molecule has 3 rings (SSSR count). The number of fused-ring (bicyclic) bond motifs is 1. The van der Waals surface area contributed by atoms with Crippen molar-refractivity contribution in [2.24, 2.45) is 7.05 Å². The van der Waals surface area contributed by atoms with Crippen molar-refractivity contribution in [3.8, 4) is 5.75 Å². The average Bonchev–Trinajstić information content (AvgIpc) is 2.84. The first kappa shape index (κ1) is 16.1. The van der Waals surface area contributed by atoms with Gasteiger partial charge in [0.2, 0.25) is 0 Å². The van der Waals surface area contributed by atoms with Crippen molar-refractivity contribution in [2.75, 3.05) is 0 Å². The van der Waals surface area contributed by atoms with Crippen molar-refractivity contribution in [1.82, 2.24) is 14.5 Å². The number of carbonyl (C=O) groups is 1. The van der Waals surface area contributed by atoms with E-state index in [9.17, 15) is 9.90 Å². The van der Waals surface area contributed by atoms with Gasteiger partial charge in [0.05, 0.1) is 14.5 Å². The molecule has 5 nitrogen and oxygen atoms in total. The number of hydrogen-bond donors (Lipinski definition) is 1. The first-order valence-electron chi connectivity index (χ1n) is 6.96. The van der Waals surface area contributed by atoms with Crippen molar-refractivity contribution in [3.05, 3.63) is 50.3 Å². The molecule has 2 aromatic heterocycles. The third-order valence-corrected chi connectivity index (χ3v) is 4.98. The van der Waals surface area contributed by atoms with E-state index in [1.165, 1.54) is 0 Å². The van der Waals surface area contributed by atoms with E-state index in [1.807, 2.05) is 18.5 Å². The van der Waals surface area contributed by atoms with Crippen molar-refractivity contribution in [3.63, 3.8) is 0 Å². The molecule has 0 amide bonds. The van der Waals surface area contributed by atoms with Crippen LogP contribution in [0, 0.1) is 0 Å². The zero-order chi connectivity index (χ0) is 16.7. The summed E-state index contributed by atoms with van der Waals surface area (Å²) < 4.78 is 2.82. The second kappa shape index (κ2) is 6.05. The van der Waals surface area contributed by atoms with Gasteiger partial charge in [-0.2, -0.15) is 0 Å². The molecule has 0 saturated carbocycles. The number of aryl methyl sites for hydroxylation is 1. The van der Waals surface area contributed by atoms with E-state index in [0.717, 1.165) is 5.69 Å². The molecule has 0 unspecified atom stereocenters. The van der Waals surface area contributed by atoms with Crippen LogP contribution in [0.2, 0.25) is 0 Å². The Morgan fingerprint density at radius 2 is 1.83 bits per heavy atom. The minimum atomic E-state index is -0.144. The quantitative estimate of drug-likeness (QED) is 0.627. The topological polar surface area (TPSA) is 68.0 Å². The summed E-state index contributed by atoms with van der Waals surface area (Å²) in [6.45, 7) is 1.99. The normalized spacial score (nSPS) is 11.1. The molecular formula is C16H13Br2N3O2. The molecule has 0 bridgehead atoms. The molecule has 0 radical (unpaired) electrons. The number of hydrogen-bond acceptors (Lipinski definition) is 4. The van der Waals surface area contributed by atoms with Crippen molar-refractivity contribution >= 4 is 48.8 Å². The highest BCUT2D eigenvalue weighted by atomic mass is 79.9. The van der Waals surface area contributed by atoms with E-state index >= 15 is 0 Å². The minimum absolute atomic E-state index is 0.0648. The van der Waals surface area contributed by atoms with Crippen LogP contribution < -0.4 is 0 Å². The molecule has 0 aliphatic rings. The first-order valence-corrected chi connectivity index (χ1v) is 8.55. The number of halogens is 2. The van der Waals surface area contributed by atoms with Gasteiger partial charge >= 0.3 is 0 Å². The van der Waals surface area contributed by atoms with Crippen molar-refractivity contribution in [1.29, 1.82) is 0 Å². The number of aromatic nitrogens is 3. The smallest absolute Gasteiger partial charge is 0.197 e. The van der Waals surface area contributed by atoms with Crippen LogP contribution >= 0.6 is 31.9 Å². The highest BCUT2D eigenvalue weighted by Gasteiger charge is 2.24. The molecule has 0 aliphatic heterocycles. The molecule has 0 atom stereocenters. The van der Waals surface area contributed by atoms with Gasteiger partial charge in [-0.1, -0.05) is 6.92 Å². The summed E-state index contributed by atoms with van der Waals surface area (Å²) in [4.78, 5) is 21.7. The fraction of sp³-hybridized carbons (Fsp3) is 0.188. The number of aromatic hydroxyl groups is 1. The molecule has 0 saturated heterocycles. The van der Waals surface area contributed by atoms with Crippen LogP contribution in [0.5, 0.6) is 5.75 Å². The van der Waals surface area contributed by atoms with Gasteiger partial charge in [0.15, 0.2) is 11.4 Å². The van der Waals surface area contributed by atoms with Gasteiger partial charge in [0, 0.05) is 30.7 Å². The molecule has 0 spiro atoms. The number of nitrogens with zero attached hydrogens (tertiary/aromatic N) is 3. The monoisotopic (exact) mass is 437 g/mol. The van der Waals surface area contributed by atoms with Gasteiger partial charge < -0.3 is 9.67 Å². The second-order valence-electron chi connectivity index (χ2n) is 5.08. The highest BCUT2D eigenvalue weighted by molar-refractivity contribution is 9.11. The number of carbonyl (C=O) groups excluding carboxylic acids is 1. The van der Waals surface area contributed by atoms with Gasteiger partial charge in [-0.15, -0.1) is 0 Å². The summed E-state index contributed by atoms with van der Waals surface area (Å²) in [6, 6.07) is 3.22. The average molecular weight is 439 g/mol. The number of rotatable bonds is 3. The maximum absolute atomic E-state index is 13.1. The van der Waals surface area contributed by atoms with Crippen LogP contribution in [0.4, 0.5) is 0 Å². The molecule has 7 heteroatoms. The van der Waals surface area contributed by atoms with Gasteiger partial charge in [-0.05, 0) is 50.4 Å². The van der Waals surface area contributed by atoms with Crippen molar-refractivity contribution in [2.45, 2.75) is 13.3 Å². The fourth-order valence-corrected chi connectivity index (χ4v) is 3.86. The van der Waals surface area contributed by atoms with E-state index in [0.29, 0.717) is 37.7 Å². The Morgan fingerprint density at radius 3 is 2.43 bits per heavy atom. The molecule has 23 heavy (non-hydrogen) atoms. The summed E-state index contributed by atoms with van der Waals surface area (Å²) >= 11 is 6.53. The molecule has 0 aliphatic carbocycles. The van der Waals surface area contributed by atoms with E-state index in [2.05, 4.69) is 41.8 Å². The summed E-state index contributed by atoms with van der Waals surface area (Å²) in [5.74, 6) is -0.0793. The predicted octanol–water partition coefficient (Wildman–Crippen LogP) is 3.99. The Morgan fingerprint density at radius 1 is 1.22 bits per heavy atom. The second-order valence-corrected chi connectivity index (χ2v) is 6.79. The number of phenols is 1. The lowest BCUT2D eigenvalue weighted by Crippen LogP contribution is -2.06. The molecular weight excluding hydrogens is 426 g/mol. The third kappa shape index (κ3) is 2.57. The number of benzene rings is 1. The Hall–Kier alpha value is -1.73. The third-order valence-electron chi connectivity index (χ3n) is 3.77. The molecule has 1 aromatic carbocycles. The Bertz CT molecular complexity index is 911. The van der Waals surface area contributed by atoms with Crippen LogP contribution in [-0.2, 0) is 13.5 Å². The van der Waals surface area contributed by atoms with Gasteiger partial charge in [-0.25, -0.2) is 4.98 Å². The van der Waals surface area contributed by atoms with E-state index in [4.69, 9.17) is 0 Å². The Labute approximate surface area is 149 Å². The summed E-state index contributed by atoms with van der Waals surface area (Å²) in [6.07, 6.45) is 3.89. The van der Waals surface area contributed by atoms with Gasteiger partial charge in [-0.3, -0.25) is 9.78 Å². The SMILES string of the molecule is CCc1c(C(=O)c2cc(Br)c(O)c(Br)c2)c2nccnc2n1C. The zero-order valence-corrected chi connectivity index (χ0v) is 15.6. The molecule has 3 aromatic rings. The Kier molecular flexibility index (Phi) is 4.25. The maximum Gasteiger partial charge on any atom is 0.197 e. The molecule has 118 valence electrons. The molecule has 0 fully saturated rings. The summed E-state index contributed by atoms with van der Waals surface area (Å²) in [5.41, 5.74) is 3.19. The summed E-state index contributed by atoms with van der Waals surface area (Å²) in [5, 5.41) is 9.83. The fourth-order valence-electron chi connectivity index (χ4n) is 2.68. The highest BCUT2D eigenvalue weighted by Crippen LogP contribution is 2.35. The predicted molar refractivity (Wildman–Crippen MR) is 94.8 cm³/mol. The lowest BCUT2D eigenvalue weighted by Gasteiger charge is -2.07.